The lowest BCUT2D eigenvalue weighted by Crippen LogP contribution is -2.55. The van der Waals surface area contributed by atoms with Crippen LogP contribution in [0.3, 0.4) is 0 Å². The third-order valence-corrected chi connectivity index (χ3v) is 4.58. The highest BCUT2D eigenvalue weighted by Gasteiger charge is 2.54. The first-order chi connectivity index (χ1) is 6.29. The summed E-state index contributed by atoms with van der Waals surface area (Å²) in [6.07, 6.45) is 9.17. The maximum absolute atomic E-state index is 9.58. The van der Waals surface area contributed by atoms with Gasteiger partial charge in [0.2, 0.25) is 0 Å². The molecule has 2 nitrogen and oxygen atoms in total. The van der Waals surface area contributed by atoms with Gasteiger partial charge in [-0.05, 0) is 38.1 Å². The van der Waals surface area contributed by atoms with E-state index >= 15 is 0 Å². The average molecular weight is 183 g/mol. The van der Waals surface area contributed by atoms with Crippen LogP contribution in [0, 0.1) is 5.41 Å². The Morgan fingerprint density at radius 3 is 2.23 bits per heavy atom. The van der Waals surface area contributed by atoms with Gasteiger partial charge >= 0.3 is 0 Å². The van der Waals surface area contributed by atoms with Gasteiger partial charge in [-0.2, -0.15) is 0 Å². The highest BCUT2D eigenvalue weighted by atomic mass is 16.3. The molecule has 2 heteroatoms. The minimum absolute atomic E-state index is 0.0590. The van der Waals surface area contributed by atoms with Crippen LogP contribution in [-0.4, -0.2) is 24.3 Å². The highest BCUT2D eigenvalue weighted by molar-refractivity contribution is 5.09. The molecule has 2 fully saturated rings. The van der Waals surface area contributed by atoms with Crippen molar-refractivity contribution >= 4 is 0 Å². The van der Waals surface area contributed by atoms with Crippen LogP contribution in [0.25, 0.3) is 0 Å². The second-order valence-corrected chi connectivity index (χ2v) is 4.83. The molecule has 0 saturated heterocycles. The van der Waals surface area contributed by atoms with Crippen LogP contribution in [-0.2, 0) is 0 Å². The summed E-state index contributed by atoms with van der Waals surface area (Å²) in [5.74, 6) is 0. The summed E-state index contributed by atoms with van der Waals surface area (Å²) < 4.78 is 0. The summed E-state index contributed by atoms with van der Waals surface area (Å²) in [5, 5.41) is 13.0. The van der Waals surface area contributed by atoms with Gasteiger partial charge in [0.1, 0.15) is 0 Å². The molecular weight excluding hydrogens is 162 g/mol. The van der Waals surface area contributed by atoms with Crippen molar-refractivity contribution in [2.45, 2.75) is 50.5 Å². The monoisotopic (exact) mass is 183 g/mol. The van der Waals surface area contributed by atoms with Crippen molar-refractivity contribution in [1.29, 1.82) is 0 Å². The highest BCUT2D eigenvalue weighted by Crippen LogP contribution is 2.56. The normalized spacial score (nSPS) is 37.4. The summed E-state index contributed by atoms with van der Waals surface area (Å²) in [6, 6.07) is 0. The molecule has 2 aliphatic rings. The summed E-state index contributed by atoms with van der Waals surface area (Å²) in [6.45, 7) is 0.323. The Kier molecular flexibility index (Phi) is 2.37. The molecular formula is C11H21NO. The molecule has 1 unspecified atom stereocenters. The molecule has 1 atom stereocenters. The van der Waals surface area contributed by atoms with Crippen molar-refractivity contribution in [2.75, 3.05) is 13.7 Å². The Hall–Kier alpha value is -0.0800. The van der Waals surface area contributed by atoms with E-state index in [1.54, 1.807) is 0 Å². The Balaban J connectivity index is 2.25. The third kappa shape index (κ3) is 1.15. The van der Waals surface area contributed by atoms with Crippen LogP contribution in [0.4, 0.5) is 0 Å². The molecule has 0 aromatic rings. The topological polar surface area (TPSA) is 32.3 Å². The van der Waals surface area contributed by atoms with Crippen molar-refractivity contribution in [3.8, 4) is 0 Å². The van der Waals surface area contributed by atoms with Crippen molar-refractivity contribution < 1.29 is 5.11 Å². The second kappa shape index (κ2) is 3.25. The third-order valence-electron chi connectivity index (χ3n) is 4.58. The smallest absolute Gasteiger partial charge is 0.0618 e. The lowest BCUT2D eigenvalue weighted by atomic mass is 9.71. The van der Waals surface area contributed by atoms with Gasteiger partial charge in [-0.3, -0.25) is 0 Å². The molecule has 2 saturated carbocycles. The maximum Gasteiger partial charge on any atom is 0.0618 e. The fraction of sp³-hybridized carbons (Fsp3) is 1.00. The van der Waals surface area contributed by atoms with E-state index in [0.29, 0.717) is 12.0 Å². The van der Waals surface area contributed by atoms with Gasteiger partial charge in [0, 0.05) is 5.54 Å². The zero-order valence-electron chi connectivity index (χ0n) is 8.60. The molecule has 2 rings (SSSR count). The molecule has 2 aliphatic carbocycles. The zero-order valence-corrected chi connectivity index (χ0v) is 8.60. The minimum Gasteiger partial charge on any atom is -0.394 e. The van der Waals surface area contributed by atoms with Crippen molar-refractivity contribution in [2.24, 2.45) is 5.41 Å². The molecule has 0 bridgehead atoms. The van der Waals surface area contributed by atoms with Gasteiger partial charge in [-0.1, -0.05) is 19.3 Å². The average Bonchev–Trinajstić information content (AvgIpc) is 2.76. The maximum atomic E-state index is 9.58. The van der Waals surface area contributed by atoms with E-state index in [0.717, 1.165) is 0 Å². The molecule has 0 heterocycles. The Bertz CT molecular complexity index is 170. The number of aliphatic hydroxyl groups is 1. The van der Waals surface area contributed by atoms with E-state index in [4.69, 9.17) is 0 Å². The molecule has 0 aliphatic heterocycles. The molecule has 0 aromatic carbocycles. The fourth-order valence-electron chi connectivity index (χ4n) is 3.73. The number of nitrogens with one attached hydrogen (secondary N) is 1. The quantitative estimate of drug-likeness (QED) is 0.682. The number of hydrogen-bond acceptors (Lipinski definition) is 2. The van der Waals surface area contributed by atoms with Gasteiger partial charge in [-0.15, -0.1) is 0 Å². The van der Waals surface area contributed by atoms with Crippen LogP contribution in [0.2, 0.25) is 0 Å². The summed E-state index contributed by atoms with van der Waals surface area (Å²) in [5.41, 5.74) is 0.500. The largest absolute Gasteiger partial charge is 0.394 e. The molecule has 76 valence electrons. The number of hydrogen-bond donors (Lipinski definition) is 2. The van der Waals surface area contributed by atoms with Crippen molar-refractivity contribution in [3.63, 3.8) is 0 Å². The SMILES string of the molecule is CNC1(CO)CCCC12CCCC2. The lowest BCUT2D eigenvalue weighted by Gasteiger charge is -2.42. The van der Waals surface area contributed by atoms with Crippen LogP contribution < -0.4 is 5.32 Å². The predicted octanol–water partition coefficient (Wildman–Crippen LogP) is 1.68. The van der Waals surface area contributed by atoms with Crippen LogP contribution in [0.5, 0.6) is 0 Å². The van der Waals surface area contributed by atoms with Gasteiger partial charge in [0.25, 0.3) is 0 Å². The molecule has 13 heavy (non-hydrogen) atoms. The number of rotatable bonds is 2. The first kappa shape index (κ1) is 9.47. The summed E-state index contributed by atoms with van der Waals surface area (Å²) >= 11 is 0. The lowest BCUT2D eigenvalue weighted by molar-refractivity contribution is 0.0608. The zero-order chi connectivity index (χ0) is 9.36. The van der Waals surface area contributed by atoms with E-state index in [2.05, 4.69) is 5.32 Å². The van der Waals surface area contributed by atoms with E-state index in [9.17, 15) is 5.11 Å². The second-order valence-electron chi connectivity index (χ2n) is 4.83. The Labute approximate surface area is 80.7 Å². The van der Waals surface area contributed by atoms with Crippen LogP contribution in [0.1, 0.15) is 44.9 Å². The number of likely N-dealkylation sites (N-methyl/N-ethyl adjacent to an activating group) is 1. The van der Waals surface area contributed by atoms with Gasteiger partial charge < -0.3 is 10.4 Å². The molecule has 2 N–H and O–H groups in total. The van der Waals surface area contributed by atoms with Crippen LogP contribution in [0.15, 0.2) is 0 Å². The number of aliphatic hydroxyl groups excluding tert-OH is 1. The molecule has 0 amide bonds. The first-order valence-corrected chi connectivity index (χ1v) is 5.58. The first-order valence-electron chi connectivity index (χ1n) is 5.58. The molecule has 0 radical (unpaired) electrons. The molecule has 1 spiro atoms. The Morgan fingerprint density at radius 2 is 1.69 bits per heavy atom. The van der Waals surface area contributed by atoms with E-state index in [-0.39, 0.29) is 5.54 Å². The van der Waals surface area contributed by atoms with Gasteiger partial charge in [0.05, 0.1) is 6.61 Å². The van der Waals surface area contributed by atoms with Crippen molar-refractivity contribution in [3.05, 3.63) is 0 Å². The summed E-state index contributed by atoms with van der Waals surface area (Å²) in [7, 11) is 2.02. The molecule has 0 aromatic heterocycles. The van der Waals surface area contributed by atoms with E-state index in [1.165, 1.54) is 44.9 Å². The predicted molar refractivity (Wildman–Crippen MR) is 53.6 cm³/mol. The summed E-state index contributed by atoms with van der Waals surface area (Å²) in [4.78, 5) is 0. The van der Waals surface area contributed by atoms with Gasteiger partial charge in [-0.25, -0.2) is 0 Å². The van der Waals surface area contributed by atoms with Crippen molar-refractivity contribution in [1.82, 2.24) is 5.32 Å². The fourth-order valence-corrected chi connectivity index (χ4v) is 3.73. The van der Waals surface area contributed by atoms with Gasteiger partial charge in [0.15, 0.2) is 0 Å². The minimum atomic E-state index is 0.0590. The Morgan fingerprint density at radius 1 is 1.08 bits per heavy atom. The van der Waals surface area contributed by atoms with Crippen LogP contribution >= 0.6 is 0 Å². The van der Waals surface area contributed by atoms with E-state index in [1.807, 2.05) is 7.05 Å². The standard InChI is InChI=1S/C11H21NO/c1-12-11(9-13)8-4-7-10(11)5-2-3-6-10/h12-13H,2-9H2,1H3. The van der Waals surface area contributed by atoms with E-state index < -0.39 is 0 Å².